The molecular weight excluding hydrogens is 445 g/mol. The van der Waals surface area contributed by atoms with Gasteiger partial charge in [0.2, 0.25) is 0 Å². The van der Waals surface area contributed by atoms with Gasteiger partial charge < -0.3 is 14.4 Å². The second-order valence-corrected chi connectivity index (χ2v) is 7.70. The van der Waals surface area contributed by atoms with E-state index >= 15 is 0 Å². The van der Waals surface area contributed by atoms with Crippen LogP contribution >= 0.6 is 51.3 Å². The van der Waals surface area contributed by atoms with Crippen LogP contribution in [0.4, 0.5) is 0 Å². The van der Waals surface area contributed by atoms with Crippen molar-refractivity contribution in [2.45, 2.75) is 6.61 Å². The highest BCUT2D eigenvalue weighted by Gasteiger charge is 2.19. The molecule has 0 atom stereocenters. The lowest BCUT2D eigenvalue weighted by molar-refractivity contribution is 0.0692. The highest BCUT2D eigenvalue weighted by Crippen LogP contribution is 2.28. The second-order valence-electron chi connectivity index (χ2n) is 5.58. The number of ether oxygens (including phenoxy) is 2. The molecule has 2 aromatic carbocycles. The van der Waals surface area contributed by atoms with E-state index in [4.69, 9.17) is 44.9 Å². The fourth-order valence-corrected chi connectivity index (χ4v) is 3.55. The average molecular weight is 461 g/mol. The SMILES string of the molecule is S=C(c1cc(Br)ccc1OCc1ccc(Cl)c(Cl)c1)N1CCOCC1. The Balaban J connectivity index is 1.78. The van der Waals surface area contributed by atoms with Gasteiger partial charge in [0, 0.05) is 17.6 Å². The summed E-state index contributed by atoms with van der Waals surface area (Å²) in [5, 5.41) is 1.05. The van der Waals surface area contributed by atoms with Gasteiger partial charge in [-0.3, -0.25) is 0 Å². The zero-order chi connectivity index (χ0) is 17.8. The van der Waals surface area contributed by atoms with Crippen LogP contribution in [0.2, 0.25) is 10.0 Å². The van der Waals surface area contributed by atoms with Crippen molar-refractivity contribution in [1.82, 2.24) is 4.90 Å². The molecule has 2 aromatic rings. The van der Waals surface area contributed by atoms with E-state index in [0.29, 0.717) is 29.9 Å². The molecule has 132 valence electrons. The molecule has 0 amide bonds. The lowest BCUT2D eigenvalue weighted by Crippen LogP contribution is -2.40. The third-order valence-corrected chi connectivity index (χ3v) is 5.56. The number of benzene rings is 2. The third kappa shape index (κ3) is 4.86. The van der Waals surface area contributed by atoms with Crippen molar-refractivity contribution in [3.05, 3.63) is 62.0 Å². The molecule has 1 aliphatic heterocycles. The van der Waals surface area contributed by atoms with Crippen LogP contribution in [0.3, 0.4) is 0 Å². The molecule has 25 heavy (non-hydrogen) atoms. The lowest BCUT2D eigenvalue weighted by Gasteiger charge is -2.30. The molecule has 3 rings (SSSR count). The van der Waals surface area contributed by atoms with Crippen molar-refractivity contribution in [2.75, 3.05) is 26.3 Å². The number of halogens is 3. The monoisotopic (exact) mass is 459 g/mol. The normalized spacial score (nSPS) is 14.4. The first-order valence-electron chi connectivity index (χ1n) is 7.78. The summed E-state index contributed by atoms with van der Waals surface area (Å²) in [6.45, 7) is 3.34. The topological polar surface area (TPSA) is 21.7 Å². The summed E-state index contributed by atoms with van der Waals surface area (Å²) in [5.41, 5.74) is 1.84. The van der Waals surface area contributed by atoms with Crippen LogP contribution in [0.25, 0.3) is 0 Å². The molecule has 1 fully saturated rings. The summed E-state index contributed by atoms with van der Waals surface area (Å²) < 4.78 is 12.4. The smallest absolute Gasteiger partial charge is 0.130 e. The predicted octanol–water partition coefficient (Wildman–Crippen LogP) is 5.34. The molecule has 1 heterocycles. The van der Waals surface area contributed by atoms with E-state index in [9.17, 15) is 0 Å². The van der Waals surface area contributed by atoms with E-state index in [1.54, 1.807) is 6.07 Å². The maximum absolute atomic E-state index is 6.07. The highest BCUT2D eigenvalue weighted by atomic mass is 79.9. The fraction of sp³-hybridized carbons (Fsp3) is 0.278. The van der Waals surface area contributed by atoms with Crippen molar-refractivity contribution in [1.29, 1.82) is 0 Å². The fourth-order valence-electron chi connectivity index (χ4n) is 2.52. The maximum atomic E-state index is 6.07. The Hall–Kier alpha value is -0.850. The molecular formula is C18H16BrCl2NO2S. The predicted molar refractivity (Wildman–Crippen MR) is 109 cm³/mol. The number of thiocarbonyl (C=S) groups is 1. The van der Waals surface area contributed by atoms with Crippen molar-refractivity contribution < 1.29 is 9.47 Å². The zero-order valence-corrected chi connectivity index (χ0v) is 17.2. The molecule has 7 heteroatoms. The van der Waals surface area contributed by atoms with Gasteiger partial charge in [-0.15, -0.1) is 0 Å². The number of hydrogen-bond acceptors (Lipinski definition) is 3. The van der Waals surface area contributed by atoms with E-state index < -0.39 is 0 Å². The molecule has 0 aromatic heterocycles. The maximum Gasteiger partial charge on any atom is 0.130 e. The average Bonchev–Trinajstić information content (AvgIpc) is 2.63. The van der Waals surface area contributed by atoms with Crippen LogP contribution in [0.15, 0.2) is 40.9 Å². The van der Waals surface area contributed by atoms with Crippen LogP contribution in [-0.4, -0.2) is 36.2 Å². The molecule has 0 N–H and O–H groups in total. The van der Waals surface area contributed by atoms with E-state index in [-0.39, 0.29) is 0 Å². The number of nitrogens with zero attached hydrogens (tertiary/aromatic N) is 1. The van der Waals surface area contributed by atoms with Gasteiger partial charge in [0.05, 0.1) is 28.8 Å². The van der Waals surface area contributed by atoms with Crippen LogP contribution in [0, 0.1) is 0 Å². The van der Waals surface area contributed by atoms with E-state index in [2.05, 4.69) is 20.8 Å². The van der Waals surface area contributed by atoms with Gasteiger partial charge in [-0.05, 0) is 35.9 Å². The van der Waals surface area contributed by atoms with Crippen molar-refractivity contribution in [3.63, 3.8) is 0 Å². The van der Waals surface area contributed by atoms with E-state index in [1.165, 1.54) is 0 Å². The first kappa shape index (κ1) is 18.9. The minimum absolute atomic E-state index is 0.386. The second kappa shape index (κ2) is 8.69. The van der Waals surface area contributed by atoms with Gasteiger partial charge in [0.15, 0.2) is 0 Å². The van der Waals surface area contributed by atoms with Crippen LogP contribution in [0.1, 0.15) is 11.1 Å². The van der Waals surface area contributed by atoms with Gasteiger partial charge in [-0.1, -0.05) is 57.4 Å². The van der Waals surface area contributed by atoms with Crippen molar-refractivity contribution >= 4 is 56.3 Å². The summed E-state index contributed by atoms with van der Waals surface area (Å²) in [6.07, 6.45) is 0. The van der Waals surface area contributed by atoms with Gasteiger partial charge in [-0.2, -0.15) is 0 Å². The molecule has 0 unspecified atom stereocenters. The Morgan fingerprint density at radius 1 is 1.12 bits per heavy atom. The van der Waals surface area contributed by atoms with Gasteiger partial charge >= 0.3 is 0 Å². The summed E-state index contributed by atoms with van der Waals surface area (Å²) in [4.78, 5) is 2.92. The van der Waals surface area contributed by atoms with Crippen LogP contribution in [-0.2, 0) is 11.3 Å². The molecule has 0 radical (unpaired) electrons. The third-order valence-electron chi connectivity index (χ3n) is 3.85. The quantitative estimate of drug-likeness (QED) is 0.573. The zero-order valence-electron chi connectivity index (χ0n) is 13.3. The summed E-state index contributed by atoms with van der Waals surface area (Å²) in [5.74, 6) is 0.741. The largest absolute Gasteiger partial charge is 0.488 e. The lowest BCUT2D eigenvalue weighted by atomic mass is 10.1. The van der Waals surface area contributed by atoms with Crippen molar-refractivity contribution in [2.24, 2.45) is 0 Å². The number of hydrogen-bond donors (Lipinski definition) is 0. The minimum atomic E-state index is 0.386. The Labute approximate surface area is 170 Å². The Morgan fingerprint density at radius 3 is 2.60 bits per heavy atom. The molecule has 0 saturated carbocycles. The van der Waals surface area contributed by atoms with E-state index in [0.717, 1.165) is 39.4 Å². The molecule has 3 nitrogen and oxygen atoms in total. The Kier molecular flexibility index (Phi) is 6.58. The Morgan fingerprint density at radius 2 is 1.88 bits per heavy atom. The molecule has 0 aliphatic carbocycles. The van der Waals surface area contributed by atoms with Crippen LogP contribution < -0.4 is 4.74 Å². The van der Waals surface area contributed by atoms with Crippen molar-refractivity contribution in [3.8, 4) is 5.75 Å². The Bertz CT molecular complexity index is 782. The standard InChI is InChI=1S/C18H16BrCl2NO2S/c19-13-2-4-17(24-11-12-1-3-15(20)16(21)9-12)14(10-13)18(25)22-5-7-23-8-6-22/h1-4,9-10H,5-8,11H2. The van der Waals surface area contributed by atoms with E-state index in [1.807, 2.05) is 30.3 Å². The number of morpholine rings is 1. The van der Waals surface area contributed by atoms with Gasteiger partial charge in [0.25, 0.3) is 0 Å². The minimum Gasteiger partial charge on any atom is -0.488 e. The van der Waals surface area contributed by atoms with Crippen LogP contribution in [0.5, 0.6) is 5.75 Å². The number of rotatable bonds is 4. The summed E-state index contributed by atoms with van der Waals surface area (Å²) in [7, 11) is 0. The van der Waals surface area contributed by atoms with Gasteiger partial charge in [0.1, 0.15) is 17.3 Å². The molecule has 0 bridgehead atoms. The first-order chi connectivity index (χ1) is 12.0. The first-order valence-corrected chi connectivity index (χ1v) is 9.73. The van der Waals surface area contributed by atoms with Gasteiger partial charge in [-0.25, -0.2) is 0 Å². The summed E-state index contributed by atoms with van der Waals surface area (Å²) in [6, 6.07) is 11.3. The summed E-state index contributed by atoms with van der Waals surface area (Å²) >= 11 is 21.2. The molecule has 0 spiro atoms. The molecule has 1 aliphatic rings. The highest BCUT2D eigenvalue weighted by molar-refractivity contribution is 9.10. The molecule has 1 saturated heterocycles.